The topological polar surface area (TPSA) is 32.3 Å². The average molecular weight is 274 g/mol. The van der Waals surface area contributed by atoms with Crippen molar-refractivity contribution >= 4 is 5.91 Å². The summed E-state index contributed by atoms with van der Waals surface area (Å²) in [6.45, 7) is 5.80. The molecule has 0 saturated carbocycles. The molecule has 1 aromatic rings. The monoisotopic (exact) mass is 274 g/mol. The minimum absolute atomic E-state index is 0.0682. The van der Waals surface area contributed by atoms with Gasteiger partial charge in [0.25, 0.3) is 0 Å². The Morgan fingerprint density at radius 2 is 2.10 bits per heavy atom. The third-order valence-corrected chi connectivity index (χ3v) is 4.18. The van der Waals surface area contributed by atoms with E-state index in [9.17, 15) is 4.79 Å². The molecule has 1 fully saturated rings. The van der Waals surface area contributed by atoms with Crippen LogP contribution in [0.5, 0.6) is 0 Å². The first-order chi connectivity index (χ1) is 9.61. The number of nitrogens with zero attached hydrogens (tertiary/aromatic N) is 1. The molecule has 1 aromatic carbocycles. The molecule has 0 aromatic heterocycles. The van der Waals surface area contributed by atoms with Crippen molar-refractivity contribution in [2.75, 3.05) is 20.1 Å². The van der Waals surface area contributed by atoms with Gasteiger partial charge in [0, 0.05) is 25.0 Å². The fourth-order valence-electron chi connectivity index (χ4n) is 3.01. The Hall–Kier alpha value is -1.35. The van der Waals surface area contributed by atoms with E-state index in [1.165, 1.54) is 11.1 Å². The average Bonchev–Trinajstić information content (AvgIpc) is 2.89. The summed E-state index contributed by atoms with van der Waals surface area (Å²) in [6.07, 6.45) is 3.25. The zero-order chi connectivity index (χ0) is 14.5. The predicted molar refractivity (Wildman–Crippen MR) is 82.7 cm³/mol. The first-order valence-electron chi connectivity index (χ1n) is 7.62. The fourth-order valence-corrected chi connectivity index (χ4v) is 3.01. The number of amides is 1. The number of rotatable bonds is 5. The molecule has 20 heavy (non-hydrogen) atoms. The summed E-state index contributed by atoms with van der Waals surface area (Å²) in [5.74, 6) is 0.368. The number of hydrogen-bond donors (Lipinski definition) is 1. The Morgan fingerprint density at radius 1 is 1.40 bits per heavy atom. The normalized spacial score (nSPS) is 20.1. The Balaban J connectivity index is 2.00. The van der Waals surface area contributed by atoms with Crippen LogP contribution in [0.3, 0.4) is 0 Å². The van der Waals surface area contributed by atoms with E-state index in [1.807, 2.05) is 14.0 Å². The molecule has 1 aliphatic heterocycles. The van der Waals surface area contributed by atoms with Gasteiger partial charge in [-0.3, -0.25) is 4.79 Å². The summed E-state index contributed by atoms with van der Waals surface area (Å²) in [7, 11) is 1.90. The molecule has 0 bridgehead atoms. The molecule has 3 heteroatoms. The zero-order valence-electron chi connectivity index (χ0n) is 12.9. The van der Waals surface area contributed by atoms with Crippen LogP contribution in [0.15, 0.2) is 24.3 Å². The van der Waals surface area contributed by atoms with E-state index in [2.05, 4.69) is 41.4 Å². The minimum Gasteiger partial charge on any atom is -0.339 e. The van der Waals surface area contributed by atoms with Crippen LogP contribution in [-0.4, -0.2) is 37.0 Å². The van der Waals surface area contributed by atoms with Gasteiger partial charge in [0.1, 0.15) is 0 Å². The van der Waals surface area contributed by atoms with Crippen molar-refractivity contribution in [2.24, 2.45) is 5.92 Å². The van der Waals surface area contributed by atoms with Crippen molar-refractivity contribution in [2.45, 2.75) is 39.2 Å². The summed E-state index contributed by atoms with van der Waals surface area (Å²) in [5.41, 5.74) is 2.62. The number of benzene rings is 1. The van der Waals surface area contributed by atoms with E-state index >= 15 is 0 Å². The van der Waals surface area contributed by atoms with E-state index in [0.717, 1.165) is 32.4 Å². The summed E-state index contributed by atoms with van der Waals surface area (Å²) in [6, 6.07) is 9.06. The highest BCUT2D eigenvalue weighted by atomic mass is 16.2. The van der Waals surface area contributed by atoms with E-state index in [1.54, 1.807) is 0 Å². The van der Waals surface area contributed by atoms with Gasteiger partial charge in [-0.05, 0) is 38.8 Å². The Bertz CT molecular complexity index is 441. The maximum atomic E-state index is 12.5. The zero-order valence-corrected chi connectivity index (χ0v) is 12.9. The fraction of sp³-hybridized carbons (Fsp3) is 0.588. The van der Waals surface area contributed by atoms with E-state index in [4.69, 9.17) is 0 Å². The summed E-state index contributed by atoms with van der Waals surface area (Å²) >= 11 is 0. The van der Waals surface area contributed by atoms with Gasteiger partial charge in [0.15, 0.2) is 0 Å². The lowest BCUT2D eigenvalue weighted by Gasteiger charge is -2.27. The van der Waals surface area contributed by atoms with E-state index in [-0.39, 0.29) is 5.92 Å². The molecule has 3 nitrogen and oxygen atoms in total. The van der Waals surface area contributed by atoms with Crippen molar-refractivity contribution in [3.63, 3.8) is 0 Å². The molecular formula is C17H26N2O. The molecule has 0 aliphatic carbocycles. The van der Waals surface area contributed by atoms with Gasteiger partial charge in [-0.2, -0.15) is 0 Å². The summed E-state index contributed by atoms with van der Waals surface area (Å²) < 4.78 is 0. The number of nitrogens with one attached hydrogen (secondary N) is 1. The lowest BCUT2D eigenvalue weighted by atomic mass is 10.0. The molecule has 110 valence electrons. The van der Waals surface area contributed by atoms with Crippen molar-refractivity contribution in [3.05, 3.63) is 35.4 Å². The number of likely N-dealkylation sites (tertiary alicyclic amines) is 1. The van der Waals surface area contributed by atoms with Gasteiger partial charge < -0.3 is 10.2 Å². The third-order valence-electron chi connectivity index (χ3n) is 4.18. The third kappa shape index (κ3) is 3.60. The molecule has 2 atom stereocenters. The second kappa shape index (κ2) is 6.89. The molecule has 1 heterocycles. The van der Waals surface area contributed by atoms with Crippen LogP contribution < -0.4 is 5.32 Å². The first kappa shape index (κ1) is 15.0. The number of aryl methyl sites for hydroxylation is 1. The molecule has 1 N–H and O–H groups in total. The predicted octanol–water partition coefficient (Wildman–Crippen LogP) is 2.38. The Kier molecular flexibility index (Phi) is 5.18. The molecule has 2 rings (SSSR count). The number of carbonyl (C=O) groups is 1. The number of carbonyl (C=O) groups excluding carboxylic acids is 1. The van der Waals surface area contributed by atoms with Gasteiger partial charge in [-0.25, -0.2) is 0 Å². The second-order valence-electron chi connectivity index (χ2n) is 5.98. The van der Waals surface area contributed by atoms with Crippen molar-refractivity contribution in [1.82, 2.24) is 10.2 Å². The summed E-state index contributed by atoms with van der Waals surface area (Å²) in [5, 5.41) is 3.10. The molecular weight excluding hydrogens is 248 g/mol. The van der Waals surface area contributed by atoms with Crippen molar-refractivity contribution in [3.8, 4) is 0 Å². The SMILES string of the molecule is CNCC(C)C(=O)N1CCCC1Cc1ccc(C)cc1. The first-order valence-corrected chi connectivity index (χ1v) is 7.62. The van der Waals surface area contributed by atoms with Crippen LogP contribution in [0.25, 0.3) is 0 Å². The van der Waals surface area contributed by atoms with Crippen LogP contribution >= 0.6 is 0 Å². The van der Waals surface area contributed by atoms with Crippen LogP contribution in [0.4, 0.5) is 0 Å². The molecule has 1 amide bonds. The minimum atomic E-state index is 0.0682. The largest absolute Gasteiger partial charge is 0.339 e. The molecule has 0 spiro atoms. The van der Waals surface area contributed by atoms with E-state index in [0.29, 0.717) is 11.9 Å². The molecule has 2 unspecified atom stereocenters. The van der Waals surface area contributed by atoms with Gasteiger partial charge in [-0.1, -0.05) is 36.8 Å². The molecule has 0 radical (unpaired) electrons. The van der Waals surface area contributed by atoms with Crippen LogP contribution in [0.1, 0.15) is 30.9 Å². The molecule has 1 saturated heterocycles. The maximum Gasteiger partial charge on any atom is 0.226 e. The van der Waals surface area contributed by atoms with Gasteiger partial charge in [0.2, 0.25) is 5.91 Å². The lowest BCUT2D eigenvalue weighted by Crippen LogP contribution is -2.42. The number of hydrogen-bond acceptors (Lipinski definition) is 2. The highest BCUT2D eigenvalue weighted by Gasteiger charge is 2.30. The highest BCUT2D eigenvalue weighted by molar-refractivity contribution is 5.79. The van der Waals surface area contributed by atoms with Crippen LogP contribution in [-0.2, 0) is 11.2 Å². The Labute approximate surface area is 122 Å². The van der Waals surface area contributed by atoms with Crippen LogP contribution in [0, 0.1) is 12.8 Å². The van der Waals surface area contributed by atoms with Gasteiger partial charge in [-0.15, -0.1) is 0 Å². The Morgan fingerprint density at radius 3 is 2.75 bits per heavy atom. The van der Waals surface area contributed by atoms with Crippen LogP contribution in [0.2, 0.25) is 0 Å². The van der Waals surface area contributed by atoms with E-state index < -0.39 is 0 Å². The lowest BCUT2D eigenvalue weighted by molar-refractivity contribution is -0.135. The van der Waals surface area contributed by atoms with Crippen molar-refractivity contribution in [1.29, 1.82) is 0 Å². The standard InChI is InChI=1S/C17H26N2O/c1-13-6-8-15(9-7-13)11-16-5-4-10-19(16)17(20)14(2)12-18-3/h6-9,14,16,18H,4-5,10-12H2,1-3H3. The van der Waals surface area contributed by atoms with Gasteiger partial charge in [0.05, 0.1) is 0 Å². The highest BCUT2D eigenvalue weighted by Crippen LogP contribution is 2.23. The second-order valence-corrected chi connectivity index (χ2v) is 5.98. The maximum absolute atomic E-state index is 12.5. The van der Waals surface area contributed by atoms with Gasteiger partial charge >= 0.3 is 0 Å². The molecule has 1 aliphatic rings. The quantitative estimate of drug-likeness (QED) is 0.894. The smallest absolute Gasteiger partial charge is 0.226 e. The summed E-state index contributed by atoms with van der Waals surface area (Å²) in [4.78, 5) is 14.6. The van der Waals surface area contributed by atoms with Crippen molar-refractivity contribution < 1.29 is 4.79 Å².